The highest BCUT2D eigenvalue weighted by molar-refractivity contribution is 7.84. The first kappa shape index (κ1) is 14.7. The summed E-state index contributed by atoms with van der Waals surface area (Å²) in [6, 6.07) is 5.87. The highest BCUT2D eigenvalue weighted by Crippen LogP contribution is 2.18. The highest BCUT2D eigenvalue weighted by atomic mass is 32.2. The average Bonchev–Trinajstić information content (AvgIpc) is 2.30. The van der Waals surface area contributed by atoms with Crippen LogP contribution in [-0.4, -0.2) is 35.3 Å². The van der Waals surface area contributed by atoms with E-state index in [2.05, 4.69) is 5.32 Å². The van der Waals surface area contributed by atoms with Crippen molar-refractivity contribution in [3.63, 3.8) is 0 Å². The second-order valence-electron chi connectivity index (χ2n) is 4.18. The van der Waals surface area contributed by atoms with Gasteiger partial charge in [-0.05, 0) is 31.0 Å². The lowest BCUT2D eigenvalue weighted by Crippen LogP contribution is -2.31. The molecule has 0 radical (unpaired) electrons. The second kappa shape index (κ2) is 7.16. The molecule has 0 saturated carbocycles. The molecule has 0 aliphatic carbocycles. The summed E-state index contributed by atoms with van der Waals surface area (Å²) in [5.41, 5.74) is 2.10. The van der Waals surface area contributed by atoms with Crippen molar-refractivity contribution in [3.05, 3.63) is 29.3 Å². The molecule has 0 spiro atoms. The van der Waals surface area contributed by atoms with Crippen LogP contribution in [0.4, 0.5) is 0 Å². The molecule has 0 aromatic heterocycles. The fourth-order valence-electron chi connectivity index (χ4n) is 1.39. The zero-order chi connectivity index (χ0) is 13.5. The summed E-state index contributed by atoms with van der Waals surface area (Å²) >= 11 is 0. The van der Waals surface area contributed by atoms with Crippen LogP contribution in [0.15, 0.2) is 18.2 Å². The molecule has 1 N–H and O–H groups in total. The quantitative estimate of drug-likeness (QED) is 0.843. The molecule has 0 bridgehead atoms. The van der Waals surface area contributed by atoms with Gasteiger partial charge in [-0.15, -0.1) is 0 Å². The van der Waals surface area contributed by atoms with Crippen molar-refractivity contribution >= 4 is 16.7 Å². The largest absolute Gasteiger partial charge is 0.483 e. The molecule has 1 atom stereocenters. The Bertz CT molecular complexity index is 446. The van der Waals surface area contributed by atoms with Crippen molar-refractivity contribution in [1.29, 1.82) is 0 Å². The van der Waals surface area contributed by atoms with Crippen LogP contribution >= 0.6 is 0 Å². The molecule has 0 aliphatic rings. The van der Waals surface area contributed by atoms with E-state index < -0.39 is 10.8 Å². The number of carbonyl (C=O) groups excluding carboxylic acids is 1. The summed E-state index contributed by atoms with van der Waals surface area (Å²) in [4.78, 5) is 11.5. The molecule has 1 aromatic carbocycles. The standard InChI is InChI=1S/C13H19NO3S/c1-10-4-5-11(2)12(8-10)17-9-13(15)14-6-7-18(3)16/h4-5,8H,6-7,9H2,1-3H3,(H,14,15)/t18-/m0/s1. The Morgan fingerprint density at radius 2 is 2.11 bits per heavy atom. The monoisotopic (exact) mass is 269 g/mol. The van der Waals surface area contributed by atoms with Crippen LogP contribution in [0.25, 0.3) is 0 Å². The van der Waals surface area contributed by atoms with E-state index in [-0.39, 0.29) is 12.5 Å². The third-order valence-electron chi connectivity index (χ3n) is 2.41. The number of nitrogens with one attached hydrogen (secondary N) is 1. The lowest BCUT2D eigenvalue weighted by atomic mass is 10.1. The van der Waals surface area contributed by atoms with E-state index in [0.29, 0.717) is 12.3 Å². The van der Waals surface area contributed by atoms with E-state index in [1.54, 1.807) is 6.26 Å². The minimum atomic E-state index is -0.884. The number of hydrogen-bond donors (Lipinski definition) is 1. The lowest BCUT2D eigenvalue weighted by Gasteiger charge is -2.10. The summed E-state index contributed by atoms with van der Waals surface area (Å²) in [7, 11) is -0.884. The van der Waals surface area contributed by atoms with Gasteiger partial charge in [-0.1, -0.05) is 12.1 Å². The number of aryl methyl sites for hydroxylation is 2. The summed E-state index contributed by atoms with van der Waals surface area (Å²) in [6.07, 6.45) is 1.61. The summed E-state index contributed by atoms with van der Waals surface area (Å²) in [5, 5.41) is 2.66. The predicted octanol–water partition coefficient (Wildman–Crippen LogP) is 1.18. The Labute approximate surface area is 110 Å². The molecule has 1 aromatic rings. The molecule has 100 valence electrons. The molecule has 0 unspecified atom stereocenters. The highest BCUT2D eigenvalue weighted by Gasteiger charge is 2.05. The van der Waals surface area contributed by atoms with Gasteiger partial charge in [0.05, 0.1) is 0 Å². The van der Waals surface area contributed by atoms with Crippen molar-refractivity contribution in [2.45, 2.75) is 13.8 Å². The normalized spacial score (nSPS) is 11.9. The molecule has 18 heavy (non-hydrogen) atoms. The van der Waals surface area contributed by atoms with Gasteiger partial charge in [-0.3, -0.25) is 9.00 Å². The van der Waals surface area contributed by atoms with Gasteiger partial charge in [0, 0.05) is 29.4 Å². The minimum absolute atomic E-state index is 0.0133. The topological polar surface area (TPSA) is 55.4 Å². The Morgan fingerprint density at radius 3 is 2.78 bits per heavy atom. The first-order valence-corrected chi connectivity index (χ1v) is 7.48. The first-order valence-electron chi connectivity index (χ1n) is 5.76. The molecule has 0 saturated heterocycles. The summed E-state index contributed by atoms with van der Waals surface area (Å²) < 4.78 is 16.3. The zero-order valence-corrected chi connectivity index (χ0v) is 11.8. The third-order valence-corrected chi connectivity index (χ3v) is 3.19. The molecule has 1 amide bonds. The van der Waals surface area contributed by atoms with Crippen LogP contribution in [-0.2, 0) is 15.6 Å². The van der Waals surface area contributed by atoms with Gasteiger partial charge in [0.1, 0.15) is 5.75 Å². The van der Waals surface area contributed by atoms with Crippen molar-refractivity contribution < 1.29 is 13.7 Å². The van der Waals surface area contributed by atoms with Crippen LogP contribution in [0.1, 0.15) is 11.1 Å². The van der Waals surface area contributed by atoms with Gasteiger partial charge in [0.15, 0.2) is 6.61 Å². The van der Waals surface area contributed by atoms with E-state index in [9.17, 15) is 9.00 Å². The van der Waals surface area contributed by atoms with Crippen molar-refractivity contribution in [3.8, 4) is 5.75 Å². The van der Waals surface area contributed by atoms with Gasteiger partial charge in [0.25, 0.3) is 5.91 Å². The van der Waals surface area contributed by atoms with E-state index >= 15 is 0 Å². The summed E-state index contributed by atoms with van der Waals surface area (Å²) in [5.74, 6) is 1.00. The van der Waals surface area contributed by atoms with Gasteiger partial charge in [0.2, 0.25) is 0 Å². The number of ether oxygens (including phenoxy) is 1. The third kappa shape index (κ3) is 5.31. The number of benzene rings is 1. The fraction of sp³-hybridized carbons (Fsp3) is 0.462. The maximum absolute atomic E-state index is 11.5. The van der Waals surface area contributed by atoms with Crippen molar-refractivity contribution in [1.82, 2.24) is 5.32 Å². The molecule has 1 rings (SSSR count). The van der Waals surface area contributed by atoms with E-state index in [1.165, 1.54) is 0 Å². The SMILES string of the molecule is Cc1ccc(C)c(OCC(=O)NCC[S@](C)=O)c1. The zero-order valence-electron chi connectivity index (χ0n) is 11.0. The lowest BCUT2D eigenvalue weighted by molar-refractivity contribution is -0.122. The van der Waals surface area contributed by atoms with Crippen LogP contribution < -0.4 is 10.1 Å². The number of carbonyl (C=O) groups is 1. The van der Waals surface area contributed by atoms with Crippen LogP contribution in [0, 0.1) is 13.8 Å². The molecule has 0 aliphatic heterocycles. The maximum Gasteiger partial charge on any atom is 0.257 e. The maximum atomic E-state index is 11.5. The molecule has 4 nitrogen and oxygen atoms in total. The van der Waals surface area contributed by atoms with Crippen molar-refractivity contribution in [2.24, 2.45) is 0 Å². The number of hydrogen-bond acceptors (Lipinski definition) is 3. The van der Waals surface area contributed by atoms with E-state index in [4.69, 9.17) is 4.74 Å². The fourth-order valence-corrected chi connectivity index (χ4v) is 1.78. The van der Waals surface area contributed by atoms with Gasteiger partial charge in [-0.2, -0.15) is 0 Å². The Morgan fingerprint density at radius 1 is 1.39 bits per heavy atom. The number of amides is 1. The second-order valence-corrected chi connectivity index (χ2v) is 5.74. The Balaban J connectivity index is 2.38. The number of rotatable bonds is 6. The molecule has 0 fully saturated rings. The van der Waals surface area contributed by atoms with Gasteiger partial charge in [-0.25, -0.2) is 0 Å². The summed E-state index contributed by atoms with van der Waals surface area (Å²) in [6.45, 7) is 4.31. The van der Waals surface area contributed by atoms with Crippen LogP contribution in [0.2, 0.25) is 0 Å². The van der Waals surface area contributed by atoms with Gasteiger partial charge < -0.3 is 10.1 Å². The van der Waals surface area contributed by atoms with Gasteiger partial charge >= 0.3 is 0 Å². The Hall–Kier alpha value is -1.36. The van der Waals surface area contributed by atoms with Crippen LogP contribution in [0.3, 0.4) is 0 Å². The van der Waals surface area contributed by atoms with E-state index in [1.807, 2.05) is 32.0 Å². The predicted molar refractivity (Wildman–Crippen MR) is 73.4 cm³/mol. The average molecular weight is 269 g/mol. The molecular formula is C13H19NO3S. The van der Waals surface area contributed by atoms with E-state index in [0.717, 1.165) is 16.9 Å². The van der Waals surface area contributed by atoms with Crippen molar-refractivity contribution in [2.75, 3.05) is 25.2 Å². The molecule has 0 heterocycles. The Kier molecular flexibility index (Phi) is 5.85. The molecular weight excluding hydrogens is 250 g/mol. The first-order chi connectivity index (χ1) is 8.49. The smallest absolute Gasteiger partial charge is 0.257 e. The minimum Gasteiger partial charge on any atom is -0.483 e. The molecule has 5 heteroatoms. The van der Waals surface area contributed by atoms with Crippen LogP contribution in [0.5, 0.6) is 5.75 Å².